The fourth-order valence-corrected chi connectivity index (χ4v) is 7.27. The largest absolute Gasteiger partial charge is 0.461 e. The van der Waals surface area contributed by atoms with E-state index in [0.29, 0.717) is 24.9 Å². The van der Waals surface area contributed by atoms with Crippen molar-refractivity contribution in [1.29, 1.82) is 0 Å². The predicted molar refractivity (Wildman–Crippen MR) is 159 cm³/mol. The van der Waals surface area contributed by atoms with Gasteiger partial charge in [-0.05, 0) is 70.2 Å². The summed E-state index contributed by atoms with van der Waals surface area (Å²) in [7, 11) is 0. The van der Waals surface area contributed by atoms with E-state index in [1.54, 1.807) is 15.9 Å². The van der Waals surface area contributed by atoms with Crippen LogP contribution in [0.3, 0.4) is 0 Å². The number of aliphatic hydroxyl groups is 1. The molecule has 2 bridgehead atoms. The third kappa shape index (κ3) is 5.07. The van der Waals surface area contributed by atoms with E-state index in [-0.39, 0.29) is 44.0 Å². The molecule has 0 aromatic heterocycles. The molecule has 6 atom stereocenters. The molecule has 41 heavy (non-hydrogen) atoms. The first-order valence-corrected chi connectivity index (χ1v) is 14.8. The maximum absolute atomic E-state index is 14.7. The third-order valence-electron chi connectivity index (χ3n) is 9.32. The Bertz CT molecular complexity index is 1150. The monoisotopic (exact) mass is 567 g/mol. The third-order valence-corrected chi connectivity index (χ3v) is 9.32. The summed E-state index contributed by atoms with van der Waals surface area (Å²) in [5.74, 6) is -2.79. The second-order valence-electron chi connectivity index (χ2n) is 11.5. The highest BCUT2D eigenvalue weighted by Crippen LogP contribution is 2.65. The van der Waals surface area contributed by atoms with E-state index < -0.39 is 35.0 Å². The first-order chi connectivity index (χ1) is 19.6. The molecule has 3 aliphatic rings. The maximum atomic E-state index is 14.7. The van der Waals surface area contributed by atoms with E-state index in [2.05, 4.69) is 31.9 Å². The molecule has 3 heterocycles. The minimum atomic E-state index is -1.17. The van der Waals surface area contributed by atoms with Crippen LogP contribution in [0.4, 0.5) is 11.4 Å². The van der Waals surface area contributed by atoms with Crippen LogP contribution in [0.15, 0.2) is 49.6 Å². The number of ether oxygens (including phenoxy) is 2. The Morgan fingerprint density at radius 2 is 1.80 bits per heavy atom. The molecule has 0 radical (unpaired) electrons. The van der Waals surface area contributed by atoms with Crippen LogP contribution in [-0.4, -0.2) is 84.4 Å². The molecule has 3 aliphatic heterocycles. The van der Waals surface area contributed by atoms with Gasteiger partial charge < -0.3 is 29.3 Å². The first-order valence-electron chi connectivity index (χ1n) is 14.8. The number of rotatable bonds is 14. The van der Waals surface area contributed by atoms with Crippen LogP contribution in [0.5, 0.6) is 0 Å². The average Bonchev–Trinajstić information content (AvgIpc) is 3.48. The summed E-state index contributed by atoms with van der Waals surface area (Å²) >= 11 is 0. The van der Waals surface area contributed by atoms with Gasteiger partial charge in [0.2, 0.25) is 5.91 Å². The lowest BCUT2D eigenvalue weighted by atomic mass is 9.62. The number of anilines is 2. The molecule has 9 heteroatoms. The number of unbranched alkanes of at least 4 members (excludes halogenated alkanes) is 1. The van der Waals surface area contributed by atoms with Crippen LogP contribution in [0.25, 0.3) is 0 Å². The Balaban J connectivity index is 1.77. The van der Waals surface area contributed by atoms with Crippen LogP contribution < -0.4 is 9.80 Å². The summed E-state index contributed by atoms with van der Waals surface area (Å²) < 4.78 is 12.2. The number of hydrogen-bond acceptors (Lipinski definition) is 7. The number of benzene rings is 1. The minimum absolute atomic E-state index is 0.0151. The molecule has 1 aromatic carbocycles. The molecule has 0 saturated carbocycles. The smallest absolute Gasteiger partial charge is 0.313 e. The molecule has 3 unspecified atom stereocenters. The van der Waals surface area contributed by atoms with Crippen LogP contribution >= 0.6 is 0 Å². The Morgan fingerprint density at radius 3 is 2.39 bits per heavy atom. The van der Waals surface area contributed by atoms with Gasteiger partial charge in [-0.1, -0.05) is 25.7 Å². The fraction of sp³-hybridized carbons (Fsp3) is 0.594. The minimum Gasteiger partial charge on any atom is -0.461 e. The standard InChI is InChI=1S/C32H45N3O6/c1-7-17-34(24-15-13-23(14-16-24)33(9-3)10-4)29(38)27-32-21-22(5)31(6,41-32)26(30(39)40-20-8-2)25(32)28(37)35(27)18-11-12-19-36/h7-8,13-16,22,25-27,36H,1-2,9-12,17-21H2,3-6H3/t22?,25-,26-,27?,31+,32?/m0/s1. The topological polar surface area (TPSA) is 99.6 Å². The van der Waals surface area contributed by atoms with Crippen LogP contribution in [0.1, 0.15) is 47.0 Å². The van der Waals surface area contributed by atoms with Crippen molar-refractivity contribution in [3.8, 4) is 0 Å². The molecule has 3 fully saturated rings. The summed E-state index contributed by atoms with van der Waals surface area (Å²) in [5.41, 5.74) is -0.351. The molecule has 224 valence electrons. The maximum Gasteiger partial charge on any atom is 0.313 e. The summed E-state index contributed by atoms with van der Waals surface area (Å²) in [6.07, 6.45) is 4.65. The summed E-state index contributed by atoms with van der Waals surface area (Å²) in [5, 5.41) is 9.43. The number of amides is 2. The normalized spacial score (nSPS) is 29.8. The van der Waals surface area contributed by atoms with Crippen molar-refractivity contribution in [1.82, 2.24) is 4.90 Å². The second kappa shape index (κ2) is 12.4. The lowest BCUT2D eigenvalue weighted by Gasteiger charge is -2.37. The van der Waals surface area contributed by atoms with Gasteiger partial charge in [-0.25, -0.2) is 0 Å². The van der Waals surface area contributed by atoms with E-state index in [1.165, 1.54) is 6.08 Å². The van der Waals surface area contributed by atoms with Crippen LogP contribution in [-0.2, 0) is 23.9 Å². The molecule has 0 aliphatic carbocycles. The van der Waals surface area contributed by atoms with E-state index >= 15 is 0 Å². The molecule has 3 saturated heterocycles. The van der Waals surface area contributed by atoms with Crippen molar-refractivity contribution in [2.45, 2.75) is 64.2 Å². The zero-order valence-electron chi connectivity index (χ0n) is 24.9. The Morgan fingerprint density at radius 1 is 1.15 bits per heavy atom. The number of nitrogens with zero attached hydrogens (tertiary/aromatic N) is 3. The van der Waals surface area contributed by atoms with E-state index in [0.717, 1.165) is 18.8 Å². The van der Waals surface area contributed by atoms with E-state index in [9.17, 15) is 19.5 Å². The van der Waals surface area contributed by atoms with Gasteiger partial charge in [0.1, 0.15) is 24.2 Å². The number of hydrogen-bond donors (Lipinski definition) is 1. The Kier molecular flexibility index (Phi) is 9.29. The molecular weight excluding hydrogens is 522 g/mol. The molecule has 2 amide bonds. The number of carbonyl (C=O) groups is 3. The van der Waals surface area contributed by atoms with Crippen molar-refractivity contribution in [3.63, 3.8) is 0 Å². The van der Waals surface area contributed by atoms with Crippen molar-refractivity contribution in [2.24, 2.45) is 17.8 Å². The Hall–Kier alpha value is -3.17. The van der Waals surface area contributed by atoms with E-state index in [1.807, 2.05) is 38.1 Å². The van der Waals surface area contributed by atoms with E-state index in [4.69, 9.17) is 9.47 Å². The fourth-order valence-electron chi connectivity index (χ4n) is 7.27. The average molecular weight is 568 g/mol. The molecule has 1 spiro atoms. The highest BCUT2D eigenvalue weighted by atomic mass is 16.6. The molecule has 9 nitrogen and oxygen atoms in total. The highest BCUT2D eigenvalue weighted by Gasteiger charge is 2.80. The quantitative estimate of drug-likeness (QED) is 0.209. The van der Waals surface area contributed by atoms with Crippen molar-refractivity contribution in [3.05, 3.63) is 49.6 Å². The van der Waals surface area contributed by atoms with Gasteiger partial charge in [-0.3, -0.25) is 14.4 Å². The number of aliphatic hydroxyl groups excluding tert-OH is 1. The zero-order chi connectivity index (χ0) is 29.9. The SMILES string of the molecule is C=CCOC(=O)[C@@H]1[C@H]2C(=O)N(CCCCO)C(C(=O)N(CC=C)c3ccc(N(CC)CC)cc3)C23CC(C)[C@@]1(C)O3. The number of likely N-dealkylation sites (tertiary alicyclic amines) is 1. The lowest BCUT2D eigenvalue weighted by molar-refractivity contribution is -0.160. The van der Waals surface area contributed by atoms with Gasteiger partial charge in [-0.2, -0.15) is 0 Å². The lowest BCUT2D eigenvalue weighted by Crippen LogP contribution is -2.57. The van der Waals surface area contributed by atoms with Crippen molar-refractivity contribution in [2.75, 3.05) is 49.2 Å². The summed E-state index contributed by atoms with van der Waals surface area (Å²) in [6, 6.07) is 6.91. The Labute approximate surface area is 243 Å². The van der Waals surface area contributed by atoms with Crippen molar-refractivity contribution < 1.29 is 29.0 Å². The van der Waals surface area contributed by atoms with Gasteiger partial charge in [0.25, 0.3) is 5.91 Å². The first kappa shape index (κ1) is 30.8. The zero-order valence-corrected chi connectivity index (χ0v) is 24.9. The van der Waals surface area contributed by atoms with Gasteiger partial charge in [0.15, 0.2) is 0 Å². The van der Waals surface area contributed by atoms with Crippen LogP contribution in [0.2, 0.25) is 0 Å². The van der Waals surface area contributed by atoms with Crippen molar-refractivity contribution >= 4 is 29.2 Å². The van der Waals surface area contributed by atoms with Crippen LogP contribution in [0, 0.1) is 17.8 Å². The number of carbonyl (C=O) groups excluding carboxylic acids is 3. The second-order valence-corrected chi connectivity index (χ2v) is 11.5. The van der Waals surface area contributed by atoms with Gasteiger partial charge in [0, 0.05) is 44.2 Å². The number of fused-ring (bicyclic) bond motifs is 1. The summed E-state index contributed by atoms with van der Waals surface area (Å²) in [4.78, 5) is 47.7. The summed E-state index contributed by atoms with van der Waals surface area (Å²) in [6.45, 7) is 17.9. The molecule has 1 N–H and O–H groups in total. The molecular formula is C32H45N3O6. The number of esters is 1. The highest BCUT2D eigenvalue weighted by molar-refractivity contribution is 6.05. The molecule has 1 aromatic rings. The predicted octanol–water partition coefficient (Wildman–Crippen LogP) is 3.56. The molecule has 4 rings (SSSR count). The van der Waals surface area contributed by atoms with Gasteiger partial charge >= 0.3 is 5.97 Å². The van der Waals surface area contributed by atoms with Gasteiger partial charge in [-0.15, -0.1) is 6.58 Å². The van der Waals surface area contributed by atoms with Gasteiger partial charge in [0.05, 0.1) is 11.5 Å².